The van der Waals surface area contributed by atoms with Crippen LogP contribution in [0.5, 0.6) is 5.75 Å². The molecule has 2 rings (SSSR count). The standard InChI is InChI=1S/C20H24N2O2S/c1-7-14-10-15-11-16(9-13(3)17(15)21-12-14)24-19(25-6)18(23)22-20(4,5)8-2/h2,9-12,19H,7H2,1,3-6H3,(H,22,23). The summed E-state index contributed by atoms with van der Waals surface area (Å²) in [5, 5.41) is 3.83. The Morgan fingerprint density at radius 2 is 2.16 bits per heavy atom. The molecule has 0 spiro atoms. The minimum atomic E-state index is -0.715. The number of ether oxygens (including phenoxy) is 1. The third-order valence-corrected chi connectivity index (χ3v) is 4.62. The Labute approximate surface area is 153 Å². The highest BCUT2D eigenvalue weighted by molar-refractivity contribution is 7.99. The summed E-state index contributed by atoms with van der Waals surface area (Å²) in [6, 6.07) is 5.94. The molecule has 0 saturated carbocycles. The molecule has 1 N–H and O–H groups in total. The van der Waals surface area contributed by atoms with Crippen molar-refractivity contribution < 1.29 is 9.53 Å². The molecule has 132 valence electrons. The van der Waals surface area contributed by atoms with Gasteiger partial charge in [0.25, 0.3) is 5.91 Å². The van der Waals surface area contributed by atoms with Crippen molar-refractivity contribution in [3.63, 3.8) is 0 Å². The summed E-state index contributed by atoms with van der Waals surface area (Å²) in [6.07, 6.45) is 10.1. The number of rotatable bonds is 6. The maximum absolute atomic E-state index is 12.4. The van der Waals surface area contributed by atoms with Gasteiger partial charge in [0, 0.05) is 11.6 Å². The molecule has 2 aromatic rings. The highest BCUT2D eigenvalue weighted by Gasteiger charge is 2.25. The van der Waals surface area contributed by atoms with Crippen molar-refractivity contribution in [3.8, 4) is 18.1 Å². The lowest BCUT2D eigenvalue weighted by atomic mass is 10.1. The molecular weight excluding hydrogens is 332 g/mol. The van der Waals surface area contributed by atoms with Crippen LogP contribution in [-0.2, 0) is 11.2 Å². The van der Waals surface area contributed by atoms with E-state index in [2.05, 4.69) is 29.2 Å². The number of thioether (sulfide) groups is 1. The van der Waals surface area contributed by atoms with E-state index in [1.54, 1.807) is 13.8 Å². The molecule has 0 aliphatic heterocycles. The lowest BCUT2D eigenvalue weighted by Gasteiger charge is -2.24. The van der Waals surface area contributed by atoms with Gasteiger partial charge in [-0.3, -0.25) is 9.78 Å². The van der Waals surface area contributed by atoms with Crippen molar-refractivity contribution in [2.24, 2.45) is 0 Å². The Hall–Kier alpha value is -2.19. The molecular formula is C20H24N2O2S. The van der Waals surface area contributed by atoms with Gasteiger partial charge in [-0.05, 0) is 62.8 Å². The molecule has 1 atom stereocenters. The van der Waals surface area contributed by atoms with Gasteiger partial charge in [0.2, 0.25) is 5.44 Å². The lowest BCUT2D eigenvalue weighted by molar-refractivity contribution is -0.125. The number of pyridine rings is 1. The second-order valence-corrected chi connectivity index (χ2v) is 7.35. The number of nitrogens with zero attached hydrogens (tertiary/aromatic N) is 1. The monoisotopic (exact) mass is 356 g/mol. The quantitative estimate of drug-likeness (QED) is 0.633. The Kier molecular flexibility index (Phi) is 5.97. The molecule has 1 amide bonds. The number of benzene rings is 1. The average molecular weight is 356 g/mol. The molecule has 1 unspecified atom stereocenters. The fraction of sp³-hybridized carbons (Fsp3) is 0.400. The maximum Gasteiger partial charge on any atom is 0.272 e. The minimum Gasteiger partial charge on any atom is -0.470 e. The van der Waals surface area contributed by atoms with Crippen LogP contribution in [0.1, 0.15) is 31.9 Å². The number of carbonyl (C=O) groups excluding carboxylic acids is 1. The van der Waals surface area contributed by atoms with E-state index in [4.69, 9.17) is 11.2 Å². The molecule has 0 aliphatic carbocycles. The van der Waals surface area contributed by atoms with Crippen molar-refractivity contribution in [2.75, 3.05) is 6.26 Å². The van der Waals surface area contributed by atoms with Crippen LogP contribution in [0.25, 0.3) is 10.9 Å². The number of amides is 1. The Morgan fingerprint density at radius 1 is 1.44 bits per heavy atom. The molecule has 1 aromatic heterocycles. The number of hydrogen-bond acceptors (Lipinski definition) is 4. The minimum absolute atomic E-state index is 0.242. The first-order chi connectivity index (χ1) is 11.8. The highest BCUT2D eigenvalue weighted by Crippen LogP contribution is 2.26. The summed E-state index contributed by atoms with van der Waals surface area (Å²) >= 11 is 1.32. The second kappa shape index (κ2) is 7.79. The molecule has 0 radical (unpaired) electrons. The molecule has 25 heavy (non-hydrogen) atoms. The van der Waals surface area contributed by atoms with Gasteiger partial charge in [-0.15, -0.1) is 18.2 Å². The van der Waals surface area contributed by atoms with E-state index < -0.39 is 11.0 Å². The van der Waals surface area contributed by atoms with Crippen LogP contribution < -0.4 is 10.1 Å². The first-order valence-corrected chi connectivity index (χ1v) is 9.47. The van der Waals surface area contributed by atoms with E-state index in [1.807, 2.05) is 31.5 Å². The summed E-state index contributed by atoms with van der Waals surface area (Å²) in [5.74, 6) is 2.96. The van der Waals surface area contributed by atoms with E-state index >= 15 is 0 Å². The van der Waals surface area contributed by atoms with Crippen molar-refractivity contribution in [1.82, 2.24) is 10.3 Å². The van der Waals surface area contributed by atoms with Crippen molar-refractivity contribution >= 4 is 28.6 Å². The number of fused-ring (bicyclic) bond motifs is 1. The lowest BCUT2D eigenvalue weighted by Crippen LogP contribution is -2.47. The number of hydrogen-bond donors (Lipinski definition) is 1. The summed E-state index contributed by atoms with van der Waals surface area (Å²) in [5.41, 5.74) is 1.74. The van der Waals surface area contributed by atoms with Gasteiger partial charge in [0.05, 0.1) is 11.1 Å². The van der Waals surface area contributed by atoms with E-state index in [0.29, 0.717) is 5.75 Å². The number of carbonyl (C=O) groups is 1. The van der Waals surface area contributed by atoms with Crippen LogP contribution in [0.4, 0.5) is 0 Å². The molecule has 0 bridgehead atoms. The Morgan fingerprint density at radius 3 is 2.76 bits per heavy atom. The normalized spacial score (nSPS) is 12.5. The van der Waals surface area contributed by atoms with Crippen LogP contribution in [0.15, 0.2) is 24.4 Å². The van der Waals surface area contributed by atoms with Crippen molar-refractivity contribution in [1.29, 1.82) is 0 Å². The zero-order chi connectivity index (χ0) is 18.6. The van der Waals surface area contributed by atoms with Crippen LogP contribution in [0.3, 0.4) is 0 Å². The smallest absolute Gasteiger partial charge is 0.272 e. The largest absolute Gasteiger partial charge is 0.470 e. The first kappa shape index (κ1) is 19.1. The number of aromatic nitrogens is 1. The van der Waals surface area contributed by atoms with Gasteiger partial charge in [0.15, 0.2) is 0 Å². The van der Waals surface area contributed by atoms with Gasteiger partial charge in [-0.2, -0.15) is 0 Å². The van der Waals surface area contributed by atoms with Crippen molar-refractivity contribution in [3.05, 3.63) is 35.5 Å². The average Bonchev–Trinajstić information content (AvgIpc) is 2.58. The molecule has 4 nitrogen and oxygen atoms in total. The zero-order valence-electron chi connectivity index (χ0n) is 15.3. The third kappa shape index (κ3) is 4.67. The zero-order valence-corrected chi connectivity index (χ0v) is 16.2. The van der Waals surface area contributed by atoms with Gasteiger partial charge in [0.1, 0.15) is 5.75 Å². The summed E-state index contributed by atoms with van der Waals surface area (Å²) in [4.78, 5) is 17.0. The maximum atomic E-state index is 12.4. The summed E-state index contributed by atoms with van der Waals surface area (Å²) in [6.45, 7) is 7.64. The van der Waals surface area contributed by atoms with Crippen LogP contribution in [0, 0.1) is 19.3 Å². The molecule has 0 aliphatic rings. The molecule has 5 heteroatoms. The first-order valence-electron chi connectivity index (χ1n) is 8.18. The third-order valence-electron chi connectivity index (χ3n) is 3.88. The predicted octanol–water partition coefficient (Wildman–Crippen LogP) is 3.70. The van der Waals surface area contributed by atoms with Gasteiger partial charge in [-0.25, -0.2) is 0 Å². The van der Waals surface area contributed by atoms with Crippen LogP contribution in [-0.4, -0.2) is 28.1 Å². The molecule has 0 fully saturated rings. The number of aryl methyl sites for hydroxylation is 2. The van der Waals surface area contributed by atoms with E-state index in [9.17, 15) is 4.79 Å². The second-order valence-electron chi connectivity index (χ2n) is 6.45. The fourth-order valence-corrected chi connectivity index (χ4v) is 2.92. The fourth-order valence-electron chi connectivity index (χ4n) is 2.44. The predicted molar refractivity (Wildman–Crippen MR) is 105 cm³/mol. The Bertz CT molecular complexity index is 824. The van der Waals surface area contributed by atoms with E-state index in [1.165, 1.54) is 17.3 Å². The number of nitrogens with one attached hydrogen (secondary N) is 1. The van der Waals surface area contributed by atoms with Crippen LogP contribution in [0.2, 0.25) is 0 Å². The molecule has 0 saturated heterocycles. The number of terminal acetylenes is 1. The summed E-state index contributed by atoms with van der Waals surface area (Å²) < 4.78 is 5.93. The van der Waals surface area contributed by atoms with Gasteiger partial charge in [-0.1, -0.05) is 12.8 Å². The van der Waals surface area contributed by atoms with Gasteiger partial charge >= 0.3 is 0 Å². The molecule has 1 aromatic carbocycles. The highest BCUT2D eigenvalue weighted by atomic mass is 32.2. The van der Waals surface area contributed by atoms with E-state index in [0.717, 1.165) is 22.9 Å². The SMILES string of the molecule is C#CC(C)(C)NC(=O)C(Oc1cc(C)c2ncc(CC)cc2c1)SC. The summed E-state index contributed by atoms with van der Waals surface area (Å²) in [7, 11) is 0. The van der Waals surface area contributed by atoms with Crippen LogP contribution >= 0.6 is 11.8 Å². The molecule has 1 heterocycles. The Balaban J connectivity index is 2.28. The van der Waals surface area contributed by atoms with Crippen molar-refractivity contribution in [2.45, 2.75) is 45.1 Å². The van der Waals surface area contributed by atoms with Gasteiger partial charge < -0.3 is 10.1 Å². The topological polar surface area (TPSA) is 51.2 Å². The van der Waals surface area contributed by atoms with E-state index in [-0.39, 0.29) is 5.91 Å².